The van der Waals surface area contributed by atoms with E-state index in [1.54, 1.807) is 0 Å². The van der Waals surface area contributed by atoms with Crippen molar-refractivity contribution in [2.45, 2.75) is 39.5 Å². The van der Waals surface area contributed by atoms with E-state index >= 15 is 0 Å². The first kappa shape index (κ1) is 11.9. The molecule has 2 N–H and O–H groups in total. The molecule has 0 unspecified atom stereocenters. The lowest BCUT2D eigenvalue weighted by atomic mass is 9.85. The minimum absolute atomic E-state index is 0.154. The average molecular weight is 214 g/mol. The molecule has 0 aromatic rings. The second-order valence-electron chi connectivity index (χ2n) is 4.31. The normalized spacial score (nSPS) is 20.2. The van der Waals surface area contributed by atoms with Crippen LogP contribution in [0.1, 0.15) is 39.5 Å². The third-order valence-electron chi connectivity index (χ3n) is 3.50. The summed E-state index contributed by atoms with van der Waals surface area (Å²) in [6.45, 7) is 7.66. The fourth-order valence-corrected chi connectivity index (χ4v) is 2.68. The lowest BCUT2D eigenvalue weighted by Gasteiger charge is -2.33. The maximum Gasteiger partial charge on any atom is 0.0802 e. The van der Waals surface area contributed by atoms with Crippen LogP contribution in [0, 0.1) is 5.41 Å². The first-order valence-corrected chi connectivity index (χ1v) is 6.07. The maximum atomic E-state index is 5.90. The summed E-state index contributed by atoms with van der Waals surface area (Å²) < 4.78 is 0. The first-order valence-electron chi connectivity index (χ1n) is 5.67. The molecule has 0 aliphatic heterocycles. The zero-order valence-electron chi connectivity index (χ0n) is 9.38. The van der Waals surface area contributed by atoms with Crippen molar-refractivity contribution in [1.82, 2.24) is 4.90 Å². The van der Waals surface area contributed by atoms with Gasteiger partial charge in [0.05, 0.1) is 4.99 Å². The van der Waals surface area contributed by atoms with Crippen molar-refractivity contribution in [3.63, 3.8) is 0 Å². The van der Waals surface area contributed by atoms with Crippen LogP contribution in [-0.4, -0.2) is 29.5 Å². The lowest BCUT2D eigenvalue weighted by Crippen LogP contribution is -2.43. The van der Waals surface area contributed by atoms with Crippen molar-refractivity contribution < 1.29 is 0 Å². The van der Waals surface area contributed by atoms with Crippen molar-refractivity contribution in [2.75, 3.05) is 19.6 Å². The van der Waals surface area contributed by atoms with Crippen LogP contribution >= 0.6 is 12.2 Å². The van der Waals surface area contributed by atoms with E-state index in [1.165, 1.54) is 25.7 Å². The Bertz CT molecular complexity index is 193. The summed E-state index contributed by atoms with van der Waals surface area (Å²) in [6.07, 6.45) is 4.97. The molecule has 0 aromatic carbocycles. The molecule has 0 radical (unpaired) electrons. The van der Waals surface area contributed by atoms with Crippen LogP contribution in [0.4, 0.5) is 0 Å². The Morgan fingerprint density at radius 2 is 1.79 bits per heavy atom. The molecule has 1 rings (SSSR count). The molecular formula is C11H22N2S. The van der Waals surface area contributed by atoms with E-state index in [1.807, 2.05) is 0 Å². The van der Waals surface area contributed by atoms with Crippen LogP contribution in [0.25, 0.3) is 0 Å². The van der Waals surface area contributed by atoms with Crippen LogP contribution in [0.5, 0.6) is 0 Å². The molecule has 0 spiro atoms. The molecule has 0 amide bonds. The van der Waals surface area contributed by atoms with E-state index in [0.29, 0.717) is 0 Å². The Balaban J connectivity index is 2.64. The lowest BCUT2D eigenvalue weighted by molar-refractivity contribution is 0.220. The monoisotopic (exact) mass is 214 g/mol. The van der Waals surface area contributed by atoms with Gasteiger partial charge in [-0.25, -0.2) is 0 Å². The van der Waals surface area contributed by atoms with Gasteiger partial charge in [-0.1, -0.05) is 38.9 Å². The standard InChI is InChI=1S/C11H22N2S/c1-3-13(4-2)9-11(10(12)14)7-5-6-8-11/h3-9H2,1-2H3,(H2,12,14). The van der Waals surface area contributed by atoms with Gasteiger partial charge in [-0.2, -0.15) is 0 Å². The minimum atomic E-state index is 0.154. The number of nitrogens with zero attached hydrogens (tertiary/aromatic N) is 1. The molecule has 0 saturated heterocycles. The van der Waals surface area contributed by atoms with Gasteiger partial charge >= 0.3 is 0 Å². The molecule has 2 nitrogen and oxygen atoms in total. The van der Waals surface area contributed by atoms with E-state index in [0.717, 1.165) is 24.6 Å². The molecule has 0 heterocycles. The van der Waals surface area contributed by atoms with E-state index in [2.05, 4.69) is 18.7 Å². The summed E-state index contributed by atoms with van der Waals surface area (Å²) in [5.41, 5.74) is 6.05. The molecule has 1 aliphatic carbocycles. The number of hydrogen-bond acceptors (Lipinski definition) is 2. The average Bonchev–Trinajstić information content (AvgIpc) is 2.64. The topological polar surface area (TPSA) is 29.3 Å². The van der Waals surface area contributed by atoms with Gasteiger partial charge in [-0.15, -0.1) is 0 Å². The molecule has 1 aliphatic rings. The van der Waals surface area contributed by atoms with Crippen molar-refractivity contribution >= 4 is 17.2 Å². The third kappa shape index (κ3) is 2.45. The van der Waals surface area contributed by atoms with Gasteiger partial charge in [0.25, 0.3) is 0 Å². The van der Waals surface area contributed by atoms with Crippen molar-refractivity contribution in [3.8, 4) is 0 Å². The van der Waals surface area contributed by atoms with Gasteiger partial charge in [-0.3, -0.25) is 0 Å². The summed E-state index contributed by atoms with van der Waals surface area (Å²) >= 11 is 5.23. The highest BCUT2D eigenvalue weighted by Gasteiger charge is 2.37. The number of hydrogen-bond donors (Lipinski definition) is 1. The van der Waals surface area contributed by atoms with E-state index in [4.69, 9.17) is 18.0 Å². The molecule has 1 fully saturated rings. The highest BCUT2D eigenvalue weighted by Crippen LogP contribution is 2.39. The smallest absolute Gasteiger partial charge is 0.0802 e. The Labute approximate surface area is 92.8 Å². The molecule has 1 saturated carbocycles. The van der Waals surface area contributed by atoms with Crippen LogP contribution in [0.15, 0.2) is 0 Å². The fraction of sp³-hybridized carbons (Fsp3) is 0.909. The molecule has 0 bridgehead atoms. The van der Waals surface area contributed by atoms with Gasteiger partial charge in [0, 0.05) is 12.0 Å². The Hall–Kier alpha value is -0.150. The summed E-state index contributed by atoms with van der Waals surface area (Å²) in [5, 5.41) is 0. The maximum absolute atomic E-state index is 5.90. The van der Waals surface area contributed by atoms with Gasteiger partial charge in [0.1, 0.15) is 0 Å². The number of nitrogens with two attached hydrogens (primary N) is 1. The van der Waals surface area contributed by atoms with E-state index < -0.39 is 0 Å². The second kappa shape index (κ2) is 5.08. The molecule has 14 heavy (non-hydrogen) atoms. The SMILES string of the molecule is CCN(CC)CC1(C(N)=S)CCCC1. The Morgan fingerprint density at radius 1 is 1.29 bits per heavy atom. The predicted octanol–water partition coefficient (Wildman–Crippen LogP) is 2.17. The van der Waals surface area contributed by atoms with Gasteiger partial charge in [-0.05, 0) is 25.9 Å². The highest BCUT2D eigenvalue weighted by atomic mass is 32.1. The third-order valence-corrected chi connectivity index (χ3v) is 3.94. The van der Waals surface area contributed by atoms with Crippen LogP contribution in [-0.2, 0) is 0 Å². The minimum Gasteiger partial charge on any atom is -0.393 e. The molecular weight excluding hydrogens is 192 g/mol. The van der Waals surface area contributed by atoms with Gasteiger partial charge < -0.3 is 10.6 Å². The quantitative estimate of drug-likeness (QED) is 0.711. The van der Waals surface area contributed by atoms with Crippen LogP contribution in [0.3, 0.4) is 0 Å². The van der Waals surface area contributed by atoms with Crippen molar-refractivity contribution in [2.24, 2.45) is 11.1 Å². The highest BCUT2D eigenvalue weighted by molar-refractivity contribution is 7.80. The van der Waals surface area contributed by atoms with Gasteiger partial charge in [0.2, 0.25) is 0 Å². The summed E-state index contributed by atoms with van der Waals surface area (Å²) in [4.78, 5) is 3.17. The van der Waals surface area contributed by atoms with E-state index in [-0.39, 0.29) is 5.41 Å². The van der Waals surface area contributed by atoms with Crippen LogP contribution < -0.4 is 5.73 Å². The van der Waals surface area contributed by atoms with Crippen molar-refractivity contribution in [1.29, 1.82) is 0 Å². The number of thiocarbonyl (C=S) groups is 1. The molecule has 82 valence electrons. The second-order valence-corrected chi connectivity index (χ2v) is 4.75. The van der Waals surface area contributed by atoms with Gasteiger partial charge in [0.15, 0.2) is 0 Å². The summed E-state index contributed by atoms with van der Waals surface area (Å²) in [5.74, 6) is 0. The zero-order chi connectivity index (χ0) is 10.6. The van der Waals surface area contributed by atoms with E-state index in [9.17, 15) is 0 Å². The molecule has 3 heteroatoms. The summed E-state index contributed by atoms with van der Waals surface area (Å²) in [6, 6.07) is 0. The molecule has 0 atom stereocenters. The Kier molecular flexibility index (Phi) is 4.32. The Morgan fingerprint density at radius 3 is 2.14 bits per heavy atom. The summed E-state index contributed by atoms with van der Waals surface area (Å²) in [7, 11) is 0. The van der Waals surface area contributed by atoms with Crippen LogP contribution in [0.2, 0.25) is 0 Å². The van der Waals surface area contributed by atoms with Crippen molar-refractivity contribution in [3.05, 3.63) is 0 Å². The predicted molar refractivity (Wildman–Crippen MR) is 65.5 cm³/mol. The fourth-order valence-electron chi connectivity index (χ4n) is 2.41. The zero-order valence-corrected chi connectivity index (χ0v) is 10.2. The molecule has 0 aromatic heterocycles. The first-order chi connectivity index (χ1) is 6.64. The number of rotatable bonds is 5. The largest absolute Gasteiger partial charge is 0.393 e.